The van der Waals surface area contributed by atoms with Gasteiger partial charge in [-0.05, 0) is 99.7 Å². The number of nitrogens with zero attached hydrogens (tertiary/aromatic N) is 2. The minimum Gasteiger partial charge on any atom is -0.445 e. The molecule has 7 atom stereocenters. The van der Waals surface area contributed by atoms with Gasteiger partial charge < -0.3 is 45.9 Å². The van der Waals surface area contributed by atoms with E-state index in [1.807, 2.05) is 88.4 Å². The molecule has 0 saturated heterocycles. The number of nitrogens with one attached hydrogen (secondary N) is 4. The van der Waals surface area contributed by atoms with Crippen molar-refractivity contribution in [2.75, 3.05) is 32.4 Å². The Kier molecular flexibility index (Phi) is 24.5. The highest BCUT2D eigenvalue weighted by Gasteiger charge is 2.39. The molecule has 0 aliphatic heterocycles. The fraction of sp³-hybridized carbons (Fsp3) is 0.667. The zero-order valence-electron chi connectivity index (χ0n) is 41.0. The molecule has 2 saturated carbocycles. The van der Waals surface area contributed by atoms with Crippen molar-refractivity contribution >= 4 is 41.8 Å². The van der Waals surface area contributed by atoms with E-state index >= 15 is 0 Å². The van der Waals surface area contributed by atoms with E-state index in [1.54, 1.807) is 18.9 Å². The summed E-state index contributed by atoms with van der Waals surface area (Å²) in [7, 11) is 1.68. The Morgan fingerprint density at radius 3 is 2.01 bits per heavy atom. The van der Waals surface area contributed by atoms with Crippen molar-refractivity contribution < 1.29 is 38.0 Å². The third kappa shape index (κ3) is 19.0. The number of amides is 5. The van der Waals surface area contributed by atoms with Gasteiger partial charge in [0.25, 0.3) is 0 Å². The van der Waals surface area contributed by atoms with Gasteiger partial charge >= 0.3 is 6.09 Å². The third-order valence-electron chi connectivity index (χ3n) is 13.4. The lowest BCUT2D eigenvalue weighted by molar-refractivity contribution is -0.144. The number of likely N-dealkylation sites (N-methyl/N-ethyl adjacent to an activating group) is 1. The van der Waals surface area contributed by atoms with Crippen molar-refractivity contribution in [3.63, 3.8) is 0 Å². The second-order valence-corrected chi connectivity index (χ2v) is 19.8. The molecule has 2 aromatic carbocycles. The fourth-order valence-corrected chi connectivity index (χ4v) is 9.67. The molecule has 7 N–H and O–H groups in total. The van der Waals surface area contributed by atoms with Crippen molar-refractivity contribution in [2.45, 2.75) is 167 Å². The number of carbonyl (C=O) groups is 5. The predicted molar refractivity (Wildman–Crippen MR) is 265 cm³/mol. The van der Waals surface area contributed by atoms with Crippen LogP contribution in [-0.2, 0) is 41.9 Å². The van der Waals surface area contributed by atoms with Gasteiger partial charge in [-0.25, -0.2) is 4.79 Å². The van der Waals surface area contributed by atoms with Crippen LogP contribution in [0.15, 0.2) is 60.7 Å². The van der Waals surface area contributed by atoms with Gasteiger partial charge in [-0.15, -0.1) is 0 Å². The standard InChI is InChI=1S/C51H81N7O8S/c1-7-42(52)31-58(30-38-19-17-18-20-38)36(4)50(62)57(6)45(29-35(2)3)48(60)56-46(41-25-15-10-16-26-41)49(61)54-43(27-28-53-51(63)66-33-40-23-13-9-14-24-40)47(59)55-44(34-67-64)37(5)65-32-39-21-11-8-12-22-39/h8-9,11-14,21-24,35-38,41-46,64H,7,10,15-20,25-34,52H2,1-6H3,(H,53,63)(H,54,61)(H,55,59)(H,56,60)/t36-,37-,42+,43-,44+,45-,46?/m0/s1. The average Bonchev–Trinajstić information content (AvgIpc) is 3.86. The minimum absolute atomic E-state index is 0.00820. The summed E-state index contributed by atoms with van der Waals surface area (Å²) < 4.78 is 21.5. The van der Waals surface area contributed by atoms with Gasteiger partial charge in [0.2, 0.25) is 23.6 Å². The second-order valence-electron chi connectivity index (χ2n) is 19.2. The molecule has 15 nitrogen and oxygen atoms in total. The molecule has 0 aromatic heterocycles. The molecule has 5 amide bonds. The number of alkyl carbamates (subject to hydrolysis) is 1. The largest absolute Gasteiger partial charge is 0.445 e. The first-order valence-corrected chi connectivity index (χ1v) is 25.7. The summed E-state index contributed by atoms with van der Waals surface area (Å²) in [6.07, 6.45) is 8.74. The molecule has 67 heavy (non-hydrogen) atoms. The van der Waals surface area contributed by atoms with E-state index in [0.717, 1.165) is 56.2 Å². The number of hydrogen-bond donors (Lipinski definition) is 6. The number of nitrogens with two attached hydrogens (primary N) is 1. The maximum absolute atomic E-state index is 14.7. The molecule has 0 heterocycles. The molecule has 0 bridgehead atoms. The Balaban J connectivity index is 1.55. The van der Waals surface area contributed by atoms with Crippen molar-refractivity contribution in [3.8, 4) is 0 Å². The summed E-state index contributed by atoms with van der Waals surface area (Å²) in [4.78, 5) is 74.6. The average molecular weight is 952 g/mol. The monoisotopic (exact) mass is 952 g/mol. The van der Waals surface area contributed by atoms with Crippen molar-refractivity contribution in [1.82, 2.24) is 31.1 Å². The van der Waals surface area contributed by atoms with Gasteiger partial charge in [-0.1, -0.05) is 114 Å². The van der Waals surface area contributed by atoms with Crippen LogP contribution in [0.1, 0.15) is 123 Å². The lowest BCUT2D eigenvalue weighted by Gasteiger charge is -2.38. The smallest absolute Gasteiger partial charge is 0.407 e. The molecule has 2 aliphatic rings. The highest BCUT2D eigenvalue weighted by Crippen LogP contribution is 2.29. The van der Waals surface area contributed by atoms with E-state index in [9.17, 15) is 28.5 Å². The molecule has 16 heteroatoms. The molecule has 1 unspecified atom stereocenters. The summed E-state index contributed by atoms with van der Waals surface area (Å²) in [6.45, 7) is 11.4. The van der Waals surface area contributed by atoms with Gasteiger partial charge in [0.15, 0.2) is 0 Å². The zero-order valence-corrected chi connectivity index (χ0v) is 41.8. The zero-order chi connectivity index (χ0) is 48.7. The van der Waals surface area contributed by atoms with Gasteiger partial charge in [-0.2, -0.15) is 0 Å². The van der Waals surface area contributed by atoms with E-state index in [-0.39, 0.29) is 55.7 Å². The Morgan fingerprint density at radius 1 is 0.806 bits per heavy atom. The number of ether oxygens (including phenoxy) is 2. The van der Waals surface area contributed by atoms with Gasteiger partial charge in [0.05, 0.1) is 24.8 Å². The molecule has 2 aromatic rings. The summed E-state index contributed by atoms with van der Waals surface area (Å²) in [6, 6.07) is 14.6. The summed E-state index contributed by atoms with van der Waals surface area (Å²) >= 11 is 0.568. The van der Waals surface area contributed by atoms with Crippen LogP contribution in [0.5, 0.6) is 0 Å². The quantitative estimate of drug-likeness (QED) is 0.0499. The van der Waals surface area contributed by atoms with Crippen LogP contribution in [0.3, 0.4) is 0 Å². The highest BCUT2D eigenvalue weighted by atomic mass is 32.2. The maximum atomic E-state index is 14.7. The molecule has 2 fully saturated rings. The van der Waals surface area contributed by atoms with Gasteiger partial charge in [0, 0.05) is 38.5 Å². The summed E-state index contributed by atoms with van der Waals surface area (Å²) in [5, 5.41) is 11.7. The first-order valence-electron chi connectivity index (χ1n) is 24.7. The Hall–Kier alpha value is -4.22. The fourth-order valence-electron chi connectivity index (χ4n) is 9.15. The highest BCUT2D eigenvalue weighted by molar-refractivity contribution is 7.93. The van der Waals surface area contributed by atoms with Crippen LogP contribution in [0.25, 0.3) is 0 Å². The molecular weight excluding hydrogens is 871 g/mol. The van der Waals surface area contributed by atoms with Crippen LogP contribution in [-0.4, -0.2) is 119 Å². The molecule has 374 valence electrons. The van der Waals surface area contributed by atoms with E-state index < -0.39 is 60.1 Å². The summed E-state index contributed by atoms with van der Waals surface area (Å²) in [5.74, 6) is -1.23. The van der Waals surface area contributed by atoms with Crippen LogP contribution >= 0.6 is 12.0 Å². The van der Waals surface area contributed by atoms with E-state index in [4.69, 9.17) is 15.2 Å². The van der Waals surface area contributed by atoms with Gasteiger partial charge in [-0.3, -0.25) is 24.1 Å². The van der Waals surface area contributed by atoms with Crippen LogP contribution in [0.2, 0.25) is 0 Å². The second kappa shape index (κ2) is 29.6. The molecule has 4 rings (SSSR count). The molecule has 2 aliphatic carbocycles. The normalized spacial score (nSPS) is 17.7. The third-order valence-corrected chi connectivity index (χ3v) is 13.9. The first kappa shape index (κ1) is 55.4. The number of benzene rings is 2. The SMILES string of the molecule is CC[C@@H](N)CN(CC1CCCC1)[C@@H](C)C(=O)N(C)[C@@H](CC(C)C)C(=O)NC(C(=O)N[C@@H](CCNC(=O)OCc1ccccc1)C(=O)N[C@H](CSO)[C@H](C)OCc1ccccc1)C1CCCCC1. The Labute approximate surface area is 404 Å². The maximum Gasteiger partial charge on any atom is 0.407 e. The van der Waals surface area contributed by atoms with Crippen LogP contribution in [0, 0.1) is 17.8 Å². The number of carbonyl (C=O) groups excluding carboxylic acids is 5. The lowest BCUT2D eigenvalue weighted by atomic mass is 9.83. The van der Waals surface area contributed by atoms with Crippen molar-refractivity contribution in [2.24, 2.45) is 23.5 Å². The van der Waals surface area contributed by atoms with E-state index in [1.165, 1.54) is 12.8 Å². The summed E-state index contributed by atoms with van der Waals surface area (Å²) in [5.41, 5.74) is 8.22. The molecule has 0 radical (unpaired) electrons. The van der Waals surface area contributed by atoms with Crippen molar-refractivity contribution in [3.05, 3.63) is 71.8 Å². The van der Waals surface area contributed by atoms with Crippen molar-refractivity contribution in [1.29, 1.82) is 0 Å². The van der Waals surface area contributed by atoms with Crippen LogP contribution in [0.4, 0.5) is 4.79 Å². The number of hydrogen-bond acceptors (Lipinski definition) is 11. The van der Waals surface area contributed by atoms with Gasteiger partial charge in [0.1, 0.15) is 24.7 Å². The molecular formula is C51H81N7O8S. The Bertz CT molecular complexity index is 1780. The number of rotatable bonds is 28. The van der Waals surface area contributed by atoms with E-state index in [2.05, 4.69) is 26.2 Å². The predicted octanol–water partition coefficient (Wildman–Crippen LogP) is 6.64. The molecule has 0 spiro atoms. The first-order chi connectivity index (χ1) is 32.2. The van der Waals surface area contributed by atoms with E-state index in [0.29, 0.717) is 43.8 Å². The topological polar surface area (TPSA) is 205 Å². The lowest BCUT2D eigenvalue weighted by Crippen LogP contribution is -2.61. The Morgan fingerprint density at radius 2 is 1.42 bits per heavy atom. The minimum atomic E-state index is -1.16. The van der Waals surface area contributed by atoms with Crippen LogP contribution < -0.4 is 27.0 Å².